The quantitative estimate of drug-likeness (QED) is 0.0513. The molecule has 0 aromatic heterocycles. The lowest BCUT2D eigenvalue weighted by Gasteiger charge is -2.06. The fourth-order valence-electron chi connectivity index (χ4n) is 8.63. The summed E-state index contributed by atoms with van der Waals surface area (Å²) in [6.45, 7) is 0.427. The molecule has 15 N–H and O–H groups in total. The molecule has 96 heavy (non-hydrogen) atoms. The van der Waals surface area contributed by atoms with E-state index in [1.807, 2.05) is 0 Å². The number of aromatic carboxylic acids is 1. The van der Waals surface area contributed by atoms with Crippen LogP contribution in [0.25, 0.3) is 0 Å². The summed E-state index contributed by atoms with van der Waals surface area (Å²) >= 11 is 0. The van der Waals surface area contributed by atoms with Gasteiger partial charge in [-0.15, -0.1) is 0 Å². The number of rotatable bonds is 3. The number of carboxylic acid groups (broad SMARTS) is 1. The maximum Gasteiger partial charge on any atom is 0.335 e. The fourth-order valence-corrected chi connectivity index (χ4v) is 8.63. The Balaban J connectivity index is 0.000000120. The van der Waals surface area contributed by atoms with Gasteiger partial charge in [-0.25, -0.2) is 4.79 Å². The normalized spacial score (nSPS) is 13.6. The minimum atomic E-state index is -0.965. The van der Waals surface area contributed by atoms with Gasteiger partial charge in [0.2, 0.25) is 188 Å². The number of phenols is 14. The molecule has 9 heterocycles. The van der Waals surface area contributed by atoms with Crippen molar-refractivity contribution in [2.24, 2.45) is 0 Å². The van der Waals surface area contributed by atoms with E-state index in [0.29, 0.717) is 69.3 Å². The van der Waals surface area contributed by atoms with E-state index in [4.69, 9.17) is 126 Å². The zero-order valence-corrected chi connectivity index (χ0v) is 48.7. The van der Waals surface area contributed by atoms with Crippen LogP contribution in [0.4, 0.5) is 0 Å². The molecule has 8 aromatic carbocycles. The minimum Gasteiger partial charge on any atom is -0.508 e. The Bertz CT molecular complexity index is 4060. The summed E-state index contributed by atoms with van der Waals surface area (Å²) in [4.78, 5) is 21.0. The van der Waals surface area contributed by atoms with Crippen molar-refractivity contribution >= 4 is 12.3 Å². The maximum atomic E-state index is 10.5. The van der Waals surface area contributed by atoms with Crippen molar-refractivity contribution in [1.29, 1.82) is 0 Å². The molecule has 9 aliphatic rings. The van der Waals surface area contributed by atoms with Crippen LogP contribution in [-0.2, 0) is 0 Å². The van der Waals surface area contributed by atoms with E-state index in [-0.39, 0.29) is 153 Å². The van der Waals surface area contributed by atoms with Crippen molar-refractivity contribution in [3.63, 3.8) is 0 Å². The van der Waals surface area contributed by atoms with Gasteiger partial charge in [0.15, 0.2) is 63.8 Å². The third-order valence-corrected chi connectivity index (χ3v) is 13.2. The first-order valence-corrected chi connectivity index (χ1v) is 26.9. The molecule has 17 rings (SSSR count). The zero-order chi connectivity index (χ0) is 68.5. The average molecular weight is 1350 g/mol. The van der Waals surface area contributed by atoms with Crippen molar-refractivity contribution in [1.82, 2.24) is 0 Å². The van der Waals surface area contributed by atoms with Gasteiger partial charge in [-0.05, 0) is 66.7 Å². The molecule has 8 aromatic rings. The Labute approximate surface area is 535 Å². The Morgan fingerprint density at radius 3 is 1.16 bits per heavy atom. The van der Waals surface area contributed by atoms with E-state index < -0.39 is 52.0 Å². The van der Waals surface area contributed by atoms with Gasteiger partial charge in [0.1, 0.15) is 5.75 Å². The highest BCUT2D eigenvalue weighted by Crippen LogP contribution is 2.61. The van der Waals surface area contributed by atoms with Gasteiger partial charge in [0, 0.05) is 6.07 Å². The Morgan fingerprint density at radius 1 is 0.323 bits per heavy atom. The molecule has 36 nitrogen and oxygen atoms in total. The van der Waals surface area contributed by atoms with Gasteiger partial charge in [0.25, 0.3) is 0 Å². The summed E-state index contributed by atoms with van der Waals surface area (Å²) in [7, 11) is 1.48. The van der Waals surface area contributed by atoms with Gasteiger partial charge in [-0.1, -0.05) is 6.07 Å². The van der Waals surface area contributed by atoms with Crippen LogP contribution in [0.5, 0.6) is 190 Å². The van der Waals surface area contributed by atoms with Crippen LogP contribution < -0.4 is 90.0 Å². The number of fused-ring (bicyclic) bond motifs is 10. The number of hydrogen-bond acceptors (Lipinski definition) is 35. The largest absolute Gasteiger partial charge is 0.508 e. The van der Waals surface area contributed by atoms with Crippen LogP contribution >= 0.6 is 0 Å². The second-order valence-corrected chi connectivity index (χ2v) is 18.9. The highest BCUT2D eigenvalue weighted by atomic mass is 16.7. The van der Waals surface area contributed by atoms with Gasteiger partial charge in [0.05, 0.1) is 18.2 Å². The summed E-state index contributed by atoms with van der Waals surface area (Å²) < 4.78 is 93.9. The number of carbonyl (C=O) groups is 2. The summed E-state index contributed by atoms with van der Waals surface area (Å²) in [6, 6.07) is 20.5. The van der Waals surface area contributed by atoms with E-state index in [2.05, 4.69) is 0 Å². The second kappa shape index (κ2) is 28.2. The van der Waals surface area contributed by atoms with Gasteiger partial charge < -0.3 is 167 Å². The van der Waals surface area contributed by atoms with Gasteiger partial charge in [-0.2, -0.15) is 0 Å². The molecule has 36 heteroatoms. The molecular weight excluding hydrogens is 1300 g/mol. The number of benzene rings is 8. The molecule has 0 aliphatic carbocycles. The summed E-state index contributed by atoms with van der Waals surface area (Å²) in [5.41, 5.74) is 0.597. The lowest BCUT2D eigenvalue weighted by Crippen LogP contribution is -1.95. The van der Waals surface area contributed by atoms with Crippen molar-refractivity contribution in [2.75, 3.05) is 68.2 Å². The highest BCUT2D eigenvalue weighted by Gasteiger charge is 2.36. The SMILES string of the molecule is COc1ccc2c(c1O)OCO2.O=C(O)c1ccc2c(c1)OCO2.O=Cc1ccc(O)c2c1OCO2.Oc1c(O)c(O)c2c(c1O)OCO2.Oc1c(O)c(O)c2c(c1O)OCO2.Oc1c(O)c2c(c3c1OCO3)OCO2.Oc1ccc2c(c1)OCO2.Oc1cccc2c1OCO2. The number of methoxy groups -OCH3 is 1. The molecule has 0 radical (unpaired) electrons. The van der Waals surface area contributed by atoms with Crippen molar-refractivity contribution in [3.8, 4) is 190 Å². The van der Waals surface area contributed by atoms with E-state index >= 15 is 0 Å². The topological polar surface area (TPSA) is 513 Å². The van der Waals surface area contributed by atoms with Crippen LogP contribution in [0, 0.1) is 0 Å². The van der Waals surface area contributed by atoms with Crippen molar-refractivity contribution < 1.29 is 176 Å². The minimum absolute atomic E-state index is 0.00639. The molecule has 0 amide bonds. The van der Waals surface area contributed by atoms with E-state index in [1.54, 1.807) is 48.5 Å². The van der Waals surface area contributed by atoms with Gasteiger partial charge >= 0.3 is 5.97 Å². The zero-order valence-electron chi connectivity index (χ0n) is 48.7. The number of aromatic hydroxyl groups is 14. The molecule has 0 unspecified atom stereocenters. The molecule has 0 atom stereocenters. The molecule has 506 valence electrons. The van der Waals surface area contributed by atoms with Crippen LogP contribution in [0.1, 0.15) is 20.7 Å². The lowest BCUT2D eigenvalue weighted by molar-refractivity contribution is 0.0695. The monoisotopic (exact) mass is 1350 g/mol. The Hall–Kier alpha value is -13.7. The van der Waals surface area contributed by atoms with Crippen LogP contribution in [0.15, 0.2) is 78.9 Å². The molecule has 9 aliphatic heterocycles. The third-order valence-electron chi connectivity index (χ3n) is 13.2. The standard InChI is InChI=1S/C8H6O6.C8H8O4.2C8H6O4.2C7H6O6.2C7H6O3/c9-3-4(10)6-8(14-2-12-6)7-5(3)11-1-13-7;1-10-5-2-3-6-8(7(5)9)12-4-11-6;9-3-5-1-2-6(10)8-7(5)11-4-12-8;9-8(10)5-1-2-6-7(3-5)12-4-11-6;2*8-2-3(9)5(11)7-6(4(2)10)12-1-13-7;8-5-1-2-6-7(3-5)10-4-9-6;8-5-2-1-3-6-7(5)10-4-9-6/h9-10H,1-2H2;2-3,9H,4H2,1H3;1-3,10H,4H2;1-3H,4H2,(H,9,10);2*8-11H,1H2;2*1-3,8H,4H2. The number of phenolic OH excluding ortho intramolecular Hbond substituents is 14. The average Bonchev–Trinajstić information content (AvgIpc) is 1.50. The number of para-hydroxylation sites is 1. The fraction of sp³-hybridized carbons (Fsp3) is 0.167. The second-order valence-electron chi connectivity index (χ2n) is 18.9. The summed E-state index contributed by atoms with van der Waals surface area (Å²) in [5.74, 6) is -2.00. The van der Waals surface area contributed by atoms with Crippen LogP contribution in [0.3, 0.4) is 0 Å². The van der Waals surface area contributed by atoms with E-state index in [9.17, 15) is 50.4 Å². The number of carbonyl (C=O) groups excluding carboxylic acids is 1. The number of hydrogen-bond donors (Lipinski definition) is 15. The van der Waals surface area contributed by atoms with Crippen LogP contribution in [-0.4, -0.2) is 157 Å². The molecule has 0 saturated heterocycles. The predicted molar refractivity (Wildman–Crippen MR) is 309 cm³/mol. The molecule has 0 saturated carbocycles. The van der Waals surface area contributed by atoms with Crippen molar-refractivity contribution in [3.05, 3.63) is 90.0 Å². The molecule has 0 spiro atoms. The summed E-state index contributed by atoms with van der Waals surface area (Å²) in [5, 5.41) is 137. The van der Waals surface area contributed by atoms with Crippen molar-refractivity contribution in [2.45, 2.75) is 0 Å². The number of aldehydes is 1. The summed E-state index contributed by atoms with van der Waals surface area (Å²) in [6.07, 6.45) is 0.660. The van der Waals surface area contributed by atoms with E-state index in [0.717, 1.165) is 0 Å². The Morgan fingerprint density at radius 2 is 0.677 bits per heavy atom. The smallest absolute Gasteiger partial charge is 0.335 e. The Kier molecular flexibility index (Phi) is 19.2. The molecular formula is C60H50O36. The molecule has 0 fully saturated rings. The van der Waals surface area contributed by atoms with Gasteiger partial charge in [-0.3, -0.25) is 4.79 Å². The predicted octanol–water partition coefficient (Wildman–Crippen LogP) is 6.45. The lowest BCUT2D eigenvalue weighted by atomic mass is 10.2. The first kappa shape index (κ1) is 65.3. The molecule has 0 bridgehead atoms. The maximum absolute atomic E-state index is 10.5. The van der Waals surface area contributed by atoms with E-state index in [1.165, 1.54) is 37.4 Å². The third kappa shape index (κ3) is 13.4. The first-order valence-electron chi connectivity index (χ1n) is 26.9. The number of ether oxygens (including phenoxy) is 19. The first-order chi connectivity index (χ1) is 46.2. The highest BCUT2D eigenvalue weighted by molar-refractivity contribution is 5.88. The number of carboxylic acids is 1. The van der Waals surface area contributed by atoms with Crippen LogP contribution in [0.2, 0.25) is 0 Å².